The highest BCUT2D eigenvalue weighted by molar-refractivity contribution is 5.86. The van der Waals surface area contributed by atoms with E-state index in [1.807, 2.05) is 0 Å². The normalized spacial score (nSPS) is 35.7. The molecule has 3 nitrogen and oxygen atoms in total. The number of aliphatic hydroxyl groups excluding tert-OH is 1. The lowest BCUT2D eigenvalue weighted by molar-refractivity contribution is -0.134. The molecule has 3 aliphatic carbocycles. The minimum Gasteiger partial charge on any atom is -0.393 e. The number of rotatable bonds is 6. The molecule has 0 saturated heterocycles. The Kier molecular flexibility index (Phi) is 8.55. The van der Waals surface area contributed by atoms with Crippen LogP contribution >= 0.6 is 0 Å². The van der Waals surface area contributed by atoms with Crippen molar-refractivity contribution >= 4 is 5.78 Å². The van der Waals surface area contributed by atoms with Crippen LogP contribution in [0.3, 0.4) is 0 Å². The van der Waals surface area contributed by atoms with Gasteiger partial charge >= 0.3 is 0 Å². The molecule has 2 unspecified atom stereocenters. The standard InChI is InChI=1S/C26H42O3.CH4/c1-18(10-15-24(28)25(2,3)29)22-13-14-23-20(8-6-16-26(22,23)4)12-11-19-7-5-9-21(27)17-19;/h11-12,18,21-23,27,29H,5-10,13-17H2,1-4H3;1H4/b19-11-,20-12+;/t18-,21-,22?,23?,26+;/m0./s1. The minimum absolute atomic E-state index is 0. The van der Waals surface area contributed by atoms with E-state index in [4.69, 9.17) is 0 Å². The zero-order valence-electron chi connectivity index (χ0n) is 19.0. The molecule has 3 aliphatic rings. The highest BCUT2D eigenvalue weighted by Crippen LogP contribution is 2.59. The summed E-state index contributed by atoms with van der Waals surface area (Å²) >= 11 is 0. The number of fused-ring (bicyclic) bond motifs is 1. The number of allylic oxidation sites excluding steroid dienone is 3. The molecule has 30 heavy (non-hydrogen) atoms. The van der Waals surface area contributed by atoms with E-state index in [0.717, 1.165) is 32.1 Å². The molecule has 2 N–H and O–H groups in total. The van der Waals surface area contributed by atoms with Gasteiger partial charge in [0.2, 0.25) is 0 Å². The van der Waals surface area contributed by atoms with E-state index in [-0.39, 0.29) is 19.3 Å². The second-order valence-electron chi connectivity index (χ2n) is 10.9. The first kappa shape index (κ1) is 25.3. The highest BCUT2D eigenvalue weighted by atomic mass is 16.3. The lowest BCUT2D eigenvalue weighted by atomic mass is 9.60. The van der Waals surface area contributed by atoms with Crippen molar-refractivity contribution in [2.45, 2.75) is 117 Å². The number of Topliss-reactive ketones (excluding diaryl/α,β-unsaturated/α-hetero) is 1. The zero-order chi connectivity index (χ0) is 21.2. The average molecular weight is 419 g/mol. The molecule has 0 bridgehead atoms. The van der Waals surface area contributed by atoms with E-state index in [1.165, 1.54) is 37.7 Å². The second kappa shape index (κ2) is 10.1. The molecule has 0 radical (unpaired) electrons. The molecular weight excluding hydrogens is 372 g/mol. The Morgan fingerprint density at radius 3 is 2.60 bits per heavy atom. The van der Waals surface area contributed by atoms with Gasteiger partial charge in [0.25, 0.3) is 0 Å². The van der Waals surface area contributed by atoms with E-state index < -0.39 is 5.60 Å². The summed E-state index contributed by atoms with van der Waals surface area (Å²) in [6.07, 6.45) is 16.3. The Balaban J connectivity index is 0.00000320. The van der Waals surface area contributed by atoms with Crippen LogP contribution < -0.4 is 0 Å². The lowest BCUT2D eigenvalue weighted by Crippen LogP contribution is -2.36. The first-order chi connectivity index (χ1) is 13.6. The van der Waals surface area contributed by atoms with Gasteiger partial charge in [-0.15, -0.1) is 0 Å². The smallest absolute Gasteiger partial charge is 0.163 e. The van der Waals surface area contributed by atoms with Gasteiger partial charge in [-0.1, -0.05) is 44.6 Å². The topological polar surface area (TPSA) is 57.5 Å². The molecule has 172 valence electrons. The molecule has 0 heterocycles. The SMILES string of the molecule is C.C[C@@H](CCC(=O)C(C)(C)O)C1CCC2/C(=C/C=C3/CCC[C@H](O)C3)CCC[C@@]21C. The van der Waals surface area contributed by atoms with Crippen LogP contribution in [0.2, 0.25) is 0 Å². The number of hydrogen-bond donors (Lipinski definition) is 2. The number of hydrogen-bond acceptors (Lipinski definition) is 3. The molecule has 5 atom stereocenters. The van der Waals surface area contributed by atoms with Gasteiger partial charge in [0.1, 0.15) is 5.60 Å². The number of aliphatic hydroxyl groups is 2. The maximum absolute atomic E-state index is 12.2. The molecule has 0 aromatic heterocycles. The molecule has 0 amide bonds. The maximum Gasteiger partial charge on any atom is 0.163 e. The number of carbonyl (C=O) groups is 1. The minimum atomic E-state index is -1.21. The number of ketones is 1. The average Bonchev–Trinajstić information content (AvgIpc) is 3.01. The summed E-state index contributed by atoms with van der Waals surface area (Å²) in [4.78, 5) is 12.2. The first-order valence-corrected chi connectivity index (χ1v) is 11.9. The van der Waals surface area contributed by atoms with E-state index in [0.29, 0.717) is 29.6 Å². The summed E-state index contributed by atoms with van der Waals surface area (Å²) < 4.78 is 0. The monoisotopic (exact) mass is 418 g/mol. The molecule has 3 rings (SSSR count). The van der Waals surface area contributed by atoms with Gasteiger partial charge in [0.15, 0.2) is 5.78 Å². The lowest BCUT2D eigenvalue weighted by Gasteiger charge is -2.44. The van der Waals surface area contributed by atoms with Crippen molar-refractivity contribution in [2.24, 2.45) is 23.2 Å². The van der Waals surface area contributed by atoms with Crippen LogP contribution in [0.25, 0.3) is 0 Å². The van der Waals surface area contributed by atoms with Gasteiger partial charge in [0, 0.05) is 6.42 Å². The Morgan fingerprint density at radius 2 is 1.93 bits per heavy atom. The highest BCUT2D eigenvalue weighted by Gasteiger charge is 2.50. The molecule has 0 aromatic rings. The van der Waals surface area contributed by atoms with Gasteiger partial charge in [-0.2, -0.15) is 0 Å². The van der Waals surface area contributed by atoms with E-state index in [9.17, 15) is 15.0 Å². The summed E-state index contributed by atoms with van der Waals surface area (Å²) in [5.74, 6) is 1.81. The summed E-state index contributed by atoms with van der Waals surface area (Å²) in [7, 11) is 0. The first-order valence-electron chi connectivity index (χ1n) is 11.9. The summed E-state index contributed by atoms with van der Waals surface area (Å²) in [5, 5.41) is 19.9. The Hall–Kier alpha value is -0.930. The fourth-order valence-corrected chi connectivity index (χ4v) is 6.53. The van der Waals surface area contributed by atoms with Gasteiger partial charge in [-0.3, -0.25) is 4.79 Å². The predicted molar refractivity (Wildman–Crippen MR) is 125 cm³/mol. The van der Waals surface area contributed by atoms with Crippen LogP contribution in [0.1, 0.15) is 106 Å². The van der Waals surface area contributed by atoms with Crippen molar-refractivity contribution in [1.82, 2.24) is 0 Å². The van der Waals surface area contributed by atoms with Gasteiger partial charge < -0.3 is 10.2 Å². The quantitative estimate of drug-likeness (QED) is 0.526. The van der Waals surface area contributed by atoms with Crippen LogP contribution in [0, 0.1) is 23.2 Å². The molecule has 3 heteroatoms. The van der Waals surface area contributed by atoms with E-state index >= 15 is 0 Å². The fourth-order valence-electron chi connectivity index (χ4n) is 6.53. The van der Waals surface area contributed by atoms with Crippen molar-refractivity contribution in [2.75, 3.05) is 0 Å². The maximum atomic E-state index is 12.2. The van der Waals surface area contributed by atoms with Gasteiger partial charge in [-0.25, -0.2) is 0 Å². The van der Waals surface area contributed by atoms with Crippen LogP contribution in [-0.2, 0) is 4.79 Å². The van der Waals surface area contributed by atoms with Gasteiger partial charge in [0.05, 0.1) is 6.10 Å². The molecule has 3 saturated carbocycles. The predicted octanol–water partition coefficient (Wildman–Crippen LogP) is 6.38. The third kappa shape index (κ3) is 5.65. The van der Waals surface area contributed by atoms with Crippen LogP contribution in [0.5, 0.6) is 0 Å². The second-order valence-corrected chi connectivity index (χ2v) is 10.9. The zero-order valence-corrected chi connectivity index (χ0v) is 19.0. The van der Waals surface area contributed by atoms with E-state index in [1.54, 1.807) is 19.4 Å². The summed E-state index contributed by atoms with van der Waals surface area (Å²) in [5.41, 5.74) is 2.17. The molecule has 3 fully saturated rings. The summed E-state index contributed by atoms with van der Waals surface area (Å²) in [6, 6.07) is 0. The van der Waals surface area contributed by atoms with Crippen molar-refractivity contribution < 1.29 is 15.0 Å². The van der Waals surface area contributed by atoms with Crippen molar-refractivity contribution in [3.8, 4) is 0 Å². The fraction of sp³-hybridized carbons (Fsp3) is 0.815. The number of carbonyl (C=O) groups excluding carboxylic acids is 1. The van der Waals surface area contributed by atoms with Crippen molar-refractivity contribution in [1.29, 1.82) is 0 Å². The van der Waals surface area contributed by atoms with Crippen molar-refractivity contribution in [3.05, 3.63) is 23.3 Å². The van der Waals surface area contributed by atoms with E-state index in [2.05, 4.69) is 26.0 Å². The Morgan fingerprint density at radius 1 is 1.20 bits per heavy atom. The third-order valence-electron chi connectivity index (χ3n) is 8.30. The summed E-state index contributed by atoms with van der Waals surface area (Å²) in [6.45, 7) is 8.02. The largest absolute Gasteiger partial charge is 0.393 e. The Bertz CT molecular complexity index is 654. The molecule has 0 aromatic carbocycles. The Labute approximate surface area is 185 Å². The van der Waals surface area contributed by atoms with Crippen LogP contribution in [0.15, 0.2) is 23.3 Å². The molecule has 0 spiro atoms. The van der Waals surface area contributed by atoms with Crippen LogP contribution in [-0.4, -0.2) is 27.7 Å². The van der Waals surface area contributed by atoms with Crippen molar-refractivity contribution in [3.63, 3.8) is 0 Å². The third-order valence-corrected chi connectivity index (χ3v) is 8.30. The molecular formula is C27H46O3. The van der Waals surface area contributed by atoms with Gasteiger partial charge in [-0.05, 0) is 101 Å². The van der Waals surface area contributed by atoms with Crippen LogP contribution in [0.4, 0.5) is 0 Å². The molecule has 0 aliphatic heterocycles.